The number of rotatable bonds is 11. The molecule has 0 atom stereocenters. The van der Waals surface area contributed by atoms with E-state index < -0.39 is 15.6 Å². The fraction of sp³-hybridized carbons (Fsp3) is 0.833. The molecule has 0 amide bonds. The van der Waals surface area contributed by atoms with Crippen LogP contribution < -0.4 is 0 Å². The molecule has 0 unspecified atom stereocenters. The summed E-state index contributed by atoms with van der Waals surface area (Å²) in [7, 11) is -7.83. The van der Waals surface area contributed by atoms with E-state index in [1.54, 1.807) is 33.8 Å². The van der Waals surface area contributed by atoms with Crippen LogP contribution in [0.25, 0.3) is 0 Å². The van der Waals surface area contributed by atoms with E-state index in [1.165, 1.54) is 0 Å². The molecule has 0 aliphatic heterocycles. The molecule has 0 aromatic carbocycles. The average Bonchev–Trinajstić information content (AvgIpc) is 2.46. The number of hydrogen-bond donors (Lipinski definition) is 2. The Kier molecular flexibility index (Phi) is 16.3. The van der Waals surface area contributed by atoms with Gasteiger partial charge in [0.15, 0.2) is 0 Å². The Labute approximate surface area is 137 Å². The third kappa shape index (κ3) is 13.7. The van der Waals surface area contributed by atoms with Crippen molar-refractivity contribution in [2.75, 3.05) is 33.0 Å². The lowest BCUT2D eigenvalue weighted by Crippen LogP contribution is -2.03. The third-order valence-electron chi connectivity index (χ3n) is 1.66. The Hall–Kier alpha value is -0.420. The zero-order valence-electron chi connectivity index (χ0n) is 13.9. The second-order valence-electron chi connectivity index (χ2n) is 3.41. The highest BCUT2D eigenvalue weighted by molar-refractivity contribution is 7.62. The molecule has 0 aliphatic rings. The summed E-state index contributed by atoms with van der Waals surface area (Å²) in [5.41, 5.74) is 0. The topological polar surface area (TPSA) is 121 Å². The number of phosphoric acid groups is 2. The molecule has 0 saturated heterocycles. The van der Waals surface area contributed by atoms with Crippen molar-refractivity contribution in [2.45, 2.75) is 34.1 Å². The van der Waals surface area contributed by atoms with Gasteiger partial charge in [0, 0.05) is 6.42 Å². The summed E-state index contributed by atoms with van der Waals surface area (Å²) in [5, 5.41) is 15.7. The Morgan fingerprint density at radius 2 is 1.17 bits per heavy atom. The van der Waals surface area contributed by atoms with Gasteiger partial charge >= 0.3 is 15.6 Å². The van der Waals surface area contributed by atoms with Crippen LogP contribution in [0.2, 0.25) is 0 Å². The summed E-state index contributed by atoms with van der Waals surface area (Å²) in [6.07, 6.45) is 2.02. The highest BCUT2D eigenvalue weighted by Gasteiger charge is 2.39. The minimum atomic E-state index is -3.91. The number of aliphatic hydroxyl groups is 2. The van der Waals surface area contributed by atoms with Crippen LogP contribution in [0, 0.1) is 12.0 Å². The average molecular weight is 376 g/mol. The first-order valence-corrected chi connectivity index (χ1v) is 10.0. The smallest absolute Gasteiger partial charge is 0.462 e. The number of phosphoric ester groups is 2. The van der Waals surface area contributed by atoms with Gasteiger partial charge in [-0.05, 0) is 27.7 Å². The molecule has 0 aromatic heterocycles. The fourth-order valence-corrected chi connectivity index (χ4v) is 4.18. The Morgan fingerprint density at radius 3 is 1.35 bits per heavy atom. The normalized spacial score (nSPS) is 11.2. The Morgan fingerprint density at radius 1 is 0.826 bits per heavy atom. The first-order chi connectivity index (χ1) is 10.9. The van der Waals surface area contributed by atoms with Crippen molar-refractivity contribution in [3.05, 3.63) is 0 Å². The second kappa shape index (κ2) is 15.1. The zero-order valence-corrected chi connectivity index (χ0v) is 15.7. The molecule has 11 heteroatoms. The van der Waals surface area contributed by atoms with E-state index in [0.717, 1.165) is 0 Å². The van der Waals surface area contributed by atoms with Gasteiger partial charge in [-0.3, -0.25) is 18.1 Å². The summed E-state index contributed by atoms with van der Waals surface area (Å²) in [6.45, 7) is 6.84. The van der Waals surface area contributed by atoms with E-state index in [1.807, 2.05) is 0 Å². The zero-order chi connectivity index (χ0) is 18.2. The first-order valence-electron chi connectivity index (χ1n) is 7.09. The van der Waals surface area contributed by atoms with Crippen molar-refractivity contribution in [3.63, 3.8) is 0 Å². The summed E-state index contributed by atoms with van der Waals surface area (Å²) in [5.74, 6) is 2.25. The van der Waals surface area contributed by atoms with Crippen molar-refractivity contribution < 1.29 is 41.7 Å². The van der Waals surface area contributed by atoms with Crippen LogP contribution >= 0.6 is 15.6 Å². The molecule has 0 aliphatic carbocycles. The summed E-state index contributed by atoms with van der Waals surface area (Å²) >= 11 is 0. The van der Waals surface area contributed by atoms with Gasteiger partial charge in [-0.15, -0.1) is 0 Å². The van der Waals surface area contributed by atoms with Crippen LogP contribution in [0.4, 0.5) is 0 Å². The molecule has 138 valence electrons. The van der Waals surface area contributed by atoms with E-state index in [2.05, 4.69) is 5.92 Å². The van der Waals surface area contributed by atoms with Gasteiger partial charge in [0.2, 0.25) is 0 Å². The predicted molar refractivity (Wildman–Crippen MR) is 84.2 cm³/mol. The molecule has 9 nitrogen and oxygen atoms in total. The summed E-state index contributed by atoms with van der Waals surface area (Å²) in [6, 6.07) is 0. The van der Waals surface area contributed by atoms with Crippen molar-refractivity contribution in [1.82, 2.24) is 0 Å². The van der Waals surface area contributed by atoms with Gasteiger partial charge in [-0.2, -0.15) is 4.31 Å². The summed E-state index contributed by atoms with van der Waals surface area (Å²) in [4.78, 5) is 0. The van der Waals surface area contributed by atoms with Gasteiger partial charge in [0.05, 0.1) is 33.0 Å². The van der Waals surface area contributed by atoms with Crippen LogP contribution in [-0.4, -0.2) is 43.2 Å². The molecule has 0 rings (SSSR count). The minimum Gasteiger partial charge on any atom is -0.462 e. The van der Waals surface area contributed by atoms with Gasteiger partial charge in [0.1, 0.15) is 6.11 Å². The third-order valence-corrected chi connectivity index (χ3v) is 5.56. The minimum absolute atomic E-state index is 0.0214. The van der Waals surface area contributed by atoms with Gasteiger partial charge < -0.3 is 10.2 Å². The van der Waals surface area contributed by atoms with Crippen LogP contribution in [0.1, 0.15) is 34.1 Å². The molecular weight excluding hydrogens is 350 g/mol. The van der Waals surface area contributed by atoms with Crippen molar-refractivity contribution in [3.8, 4) is 12.0 Å². The van der Waals surface area contributed by atoms with Gasteiger partial charge in [0.25, 0.3) is 0 Å². The lowest BCUT2D eigenvalue weighted by molar-refractivity contribution is 0.119. The van der Waals surface area contributed by atoms with Crippen molar-refractivity contribution >= 4 is 15.6 Å². The summed E-state index contributed by atoms with van der Waals surface area (Å²) < 4.78 is 48.1. The van der Waals surface area contributed by atoms with Crippen molar-refractivity contribution in [1.29, 1.82) is 0 Å². The van der Waals surface area contributed by atoms with Crippen LogP contribution in [-0.2, 0) is 31.5 Å². The van der Waals surface area contributed by atoms with Crippen LogP contribution in [0.15, 0.2) is 0 Å². The molecule has 0 radical (unpaired) electrons. The van der Waals surface area contributed by atoms with E-state index in [4.69, 9.17) is 32.6 Å². The molecule has 2 N–H and O–H groups in total. The fourth-order valence-electron chi connectivity index (χ4n) is 1.04. The molecule has 0 saturated carbocycles. The highest BCUT2D eigenvalue weighted by Crippen LogP contribution is 2.65. The van der Waals surface area contributed by atoms with Gasteiger partial charge in [-0.1, -0.05) is 5.92 Å². The van der Waals surface area contributed by atoms with Crippen LogP contribution in [0.3, 0.4) is 0 Å². The first kappa shape index (κ1) is 24.8. The number of hydrogen-bond acceptors (Lipinski definition) is 9. The van der Waals surface area contributed by atoms with Gasteiger partial charge in [-0.25, -0.2) is 9.13 Å². The lowest BCUT2D eigenvalue weighted by atomic mass is 10.5. The molecule has 0 spiro atoms. The van der Waals surface area contributed by atoms with Crippen molar-refractivity contribution in [2.24, 2.45) is 0 Å². The molecule has 0 bridgehead atoms. The predicted octanol–water partition coefficient (Wildman–Crippen LogP) is 3.07. The standard InChI is InChI=1S/C8H20O7P2.C4H6O2/c1-5-11-16(9,12-6-2)15-17(10,13-7-3)14-8-4;5-3-1-2-4-6/h5-8H2,1-4H3;5-6H,1,3H2. The lowest BCUT2D eigenvalue weighted by Gasteiger charge is -2.21. The largest absolute Gasteiger partial charge is 0.483 e. The van der Waals surface area contributed by atoms with E-state index in [9.17, 15) is 9.13 Å². The molecular formula is C12H26O9P2. The highest BCUT2D eigenvalue weighted by atomic mass is 31.3. The SMILES string of the molecule is CCOP(=O)(OCC)OP(=O)(OCC)OCC.OC#CCCO. The number of aliphatic hydroxyl groups excluding tert-OH is 2. The maximum atomic E-state index is 12.0. The quantitative estimate of drug-likeness (QED) is 0.414. The molecule has 0 aromatic rings. The Bertz CT molecular complexity index is 382. The molecule has 0 heterocycles. The maximum Gasteiger partial charge on any atom is 0.483 e. The van der Waals surface area contributed by atoms with Crippen LogP contribution in [0.5, 0.6) is 0 Å². The monoisotopic (exact) mass is 376 g/mol. The Balaban J connectivity index is 0. The molecule has 0 fully saturated rings. The maximum absolute atomic E-state index is 12.0. The molecule has 23 heavy (non-hydrogen) atoms. The van der Waals surface area contributed by atoms with E-state index in [-0.39, 0.29) is 33.0 Å². The van der Waals surface area contributed by atoms with E-state index in [0.29, 0.717) is 6.42 Å². The second-order valence-corrected chi connectivity index (χ2v) is 6.88. The van der Waals surface area contributed by atoms with E-state index >= 15 is 0 Å².